The highest BCUT2D eigenvalue weighted by Crippen LogP contribution is 2.02. The third kappa shape index (κ3) is 17.5. The van der Waals surface area contributed by atoms with Gasteiger partial charge in [-0.15, -0.1) is 0 Å². The van der Waals surface area contributed by atoms with Crippen molar-refractivity contribution in [2.75, 3.05) is 52.9 Å². The quantitative estimate of drug-likeness (QED) is 0.336. The predicted molar refractivity (Wildman–Crippen MR) is 73.4 cm³/mol. The van der Waals surface area contributed by atoms with Gasteiger partial charge in [0.1, 0.15) is 12.9 Å². The van der Waals surface area contributed by atoms with E-state index in [-0.39, 0.29) is 6.61 Å². The summed E-state index contributed by atoms with van der Waals surface area (Å²) >= 11 is 0. The molecule has 0 fully saturated rings. The zero-order chi connectivity index (χ0) is 14.2. The van der Waals surface area contributed by atoms with E-state index in [1.807, 2.05) is 0 Å². The van der Waals surface area contributed by atoms with Gasteiger partial charge in [-0.25, -0.2) is 0 Å². The van der Waals surface area contributed by atoms with Gasteiger partial charge in [-0.3, -0.25) is 0 Å². The summed E-state index contributed by atoms with van der Waals surface area (Å²) in [6.07, 6.45) is 3.05. The molecule has 0 unspecified atom stereocenters. The Balaban J connectivity index is 2.93. The molecule has 19 heavy (non-hydrogen) atoms. The second-order valence-electron chi connectivity index (χ2n) is 4.61. The van der Waals surface area contributed by atoms with E-state index < -0.39 is 0 Å². The SMILES string of the molecule is CC(C)CCCOCCOCCOCCOCC=O. The fourth-order valence-electron chi connectivity index (χ4n) is 1.38. The van der Waals surface area contributed by atoms with Crippen LogP contribution < -0.4 is 0 Å². The van der Waals surface area contributed by atoms with Gasteiger partial charge in [0.25, 0.3) is 0 Å². The number of hydrogen-bond acceptors (Lipinski definition) is 5. The Kier molecular flexibility index (Phi) is 15.2. The highest BCUT2D eigenvalue weighted by Gasteiger charge is 1.95. The zero-order valence-corrected chi connectivity index (χ0v) is 12.3. The standard InChI is InChI=1S/C14H28O5/c1-14(2)4-3-6-16-8-10-18-12-13-19-11-9-17-7-5-15/h5,14H,3-4,6-13H2,1-2H3. The molecule has 0 aliphatic carbocycles. The first-order chi connectivity index (χ1) is 9.27. The molecule has 0 aliphatic heterocycles. The Morgan fingerprint density at radius 2 is 1.26 bits per heavy atom. The van der Waals surface area contributed by atoms with E-state index >= 15 is 0 Å². The molecule has 0 bridgehead atoms. The van der Waals surface area contributed by atoms with E-state index in [9.17, 15) is 4.79 Å². The third-order valence-corrected chi connectivity index (χ3v) is 2.37. The molecule has 0 rings (SSSR count). The smallest absolute Gasteiger partial charge is 0.145 e. The predicted octanol–water partition coefficient (Wildman–Crippen LogP) is 1.69. The second kappa shape index (κ2) is 15.6. The fraction of sp³-hybridized carbons (Fsp3) is 0.929. The normalized spacial score (nSPS) is 11.1. The Hall–Kier alpha value is -0.490. The lowest BCUT2D eigenvalue weighted by atomic mass is 10.1. The molecule has 0 atom stereocenters. The van der Waals surface area contributed by atoms with Crippen LogP contribution in [0.15, 0.2) is 0 Å². The minimum atomic E-state index is 0.133. The molecular weight excluding hydrogens is 248 g/mol. The average molecular weight is 276 g/mol. The fourth-order valence-corrected chi connectivity index (χ4v) is 1.38. The van der Waals surface area contributed by atoms with E-state index in [1.54, 1.807) is 0 Å². The summed E-state index contributed by atoms with van der Waals surface area (Å²) in [5.41, 5.74) is 0. The number of carbonyl (C=O) groups excluding carboxylic acids is 1. The highest BCUT2D eigenvalue weighted by molar-refractivity contribution is 5.50. The number of carbonyl (C=O) groups is 1. The van der Waals surface area contributed by atoms with Crippen molar-refractivity contribution in [3.8, 4) is 0 Å². The van der Waals surface area contributed by atoms with Gasteiger partial charge in [-0.05, 0) is 18.8 Å². The van der Waals surface area contributed by atoms with Crippen LogP contribution in [0.4, 0.5) is 0 Å². The van der Waals surface area contributed by atoms with Crippen molar-refractivity contribution in [2.24, 2.45) is 5.92 Å². The Labute approximate surface area is 116 Å². The minimum absolute atomic E-state index is 0.133. The minimum Gasteiger partial charge on any atom is -0.379 e. The van der Waals surface area contributed by atoms with Gasteiger partial charge in [0.05, 0.1) is 39.6 Å². The Morgan fingerprint density at radius 3 is 1.74 bits per heavy atom. The maximum Gasteiger partial charge on any atom is 0.145 e. The van der Waals surface area contributed by atoms with Gasteiger partial charge in [-0.1, -0.05) is 13.8 Å². The molecule has 0 spiro atoms. The van der Waals surface area contributed by atoms with Crippen molar-refractivity contribution in [1.29, 1.82) is 0 Å². The van der Waals surface area contributed by atoms with Crippen molar-refractivity contribution in [1.82, 2.24) is 0 Å². The first-order valence-electron chi connectivity index (χ1n) is 7.02. The van der Waals surface area contributed by atoms with Crippen LogP contribution in [0.5, 0.6) is 0 Å². The van der Waals surface area contributed by atoms with Crippen molar-refractivity contribution >= 4 is 6.29 Å². The summed E-state index contributed by atoms with van der Waals surface area (Å²) < 4.78 is 21.0. The lowest BCUT2D eigenvalue weighted by molar-refractivity contribution is -0.112. The second-order valence-corrected chi connectivity index (χ2v) is 4.61. The molecule has 5 nitrogen and oxygen atoms in total. The van der Waals surface area contributed by atoms with Gasteiger partial charge >= 0.3 is 0 Å². The summed E-state index contributed by atoms with van der Waals surface area (Å²) in [5, 5.41) is 0. The molecule has 0 amide bonds. The van der Waals surface area contributed by atoms with Crippen molar-refractivity contribution < 1.29 is 23.7 Å². The molecule has 0 aromatic heterocycles. The Morgan fingerprint density at radius 1 is 0.789 bits per heavy atom. The van der Waals surface area contributed by atoms with Crippen LogP contribution in [-0.4, -0.2) is 59.1 Å². The van der Waals surface area contributed by atoms with Gasteiger partial charge in [0.2, 0.25) is 0 Å². The average Bonchev–Trinajstić information content (AvgIpc) is 2.39. The Bertz CT molecular complexity index is 185. The van der Waals surface area contributed by atoms with Gasteiger partial charge < -0.3 is 23.7 Å². The molecule has 0 N–H and O–H groups in total. The monoisotopic (exact) mass is 276 g/mol. The van der Waals surface area contributed by atoms with Crippen LogP contribution in [-0.2, 0) is 23.7 Å². The number of rotatable bonds is 15. The largest absolute Gasteiger partial charge is 0.379 e. The van der Waals surface area contributed by atoms with Crippen LogP contribution >= 0.6 is 0 Å². The summed E-state index contributed by atoms with van der Waals surface area (Å²) in [5.74, 6) is 0.743. The molecule has 0 radical (unpaired) electrons. The van der Waals surface area contributed by atoms with E-state index in [4.69, 9.17) is 18.9 Å². The van der Waals surface area contributed by atoms with Crippen LogP contribution in [0.1, 0.15) is 26.7 Å². The number of ether oxygens (including phenoxy) is 4. The first-order valence-corrected chi connectivity index (χ1v) is 7.02. The van der Waals surface area contributed by atoms with Crippen molar-refractivity contribution in [3.05, 3.63) is 0 Å². The van der Waals surface area contributed by atoms with Gasteiger partial charge in [-0.2, -0.15) is 0 Å². The topological polar surface area (TPSA) is 54.0 Å². The summed E-state index contributed by atoms with van der Waals surface area (Å²) in [6, 6.07) is 0. The number of hydrogen-bond donors (Lipinski definition) is 0. The molecule has 0 aromatic carbocycles. The lowest BCUT2D eigenvalue weighted by Crippen LogP contribution is -2.12. The van der Waals surface area contributed by atoms with Gasteiger partial charge in [0.15, 0.2) is 0 Å². The third-order valence-electron chi connectivity index (χ3n) is 2.37. The van der Waals surface area contributed by atoms with Crippen LogP contribution in [0.3, 0.4) is 0 Å². The maximum absolute atomic E-state index is 9.94. The van der Waals surface area contributed by atoms with Crippen molar-refractivity contribution in [2.45, 2.75) is 26.7 Å². The lowest BCUT2D eigenvalue weighted by Gasteiger charge is -2.07. The van der Waals surface area contributed by atoms with E-state index in [0.29, 0.717) is 39.6 Å². The maximum atomic E-state index is 9.94. The molecule has 0 saturated heterocycles. The van der Waals surface area contributed by atoms with Crippen LogP contribution in [0.25, 0.3) is 0 Å². The summed E-state index contributed by atoms with van der Waals surface area (Å²) in [7, 11) is 0. The van der Waals surface area contributed by atoms with Crippen LogP contribution in [0, 0.1) is 5.92 Å². The summed E-state index contributed by atoms with van der Waals surface area (Å²) in [4.78, 5) is 9.94. The molecule has 114 valence electrons. The molecule has 0 aliphatic rings. The van der Waals surface area contributed by atoms with Crippen LogP contribution in [0.2, 0.25) is 0 Å². The zero-order valence-electron chi connectivity index (χ0n) is 12.3. The molecule has 0 saturated carbocycles. The molecule has 0 heterocycles. The molecular formula is C14H28O5. The molecule has 0 aromatic rings. The van der Waals surface area contributed by atoms with Crippen molar-refractivity contribution in [3.63, 3.8) is 0 Å². The number of aldehydes is 1. The van der Waals surface area contributed by atoms with E-state index in [1.165, 1.54) is 6.42 Å². The summed E-state index contributed by atoms with van der Waals surface area (Å²) in [6.45, 7) is 8.65. The van der Waals surface area contributed by atoms with E-state index in [0.717, 1.165) is 25.2 Å². The first kappa shape index (κ1) is 18.5. The van der Waals surface area contributed by atoms with Gasteiger partial charge in [0, 0.05) is 6.61 Å². The molecule has 5 heteroatoms. The highest BCUT2D eigenvalue weighted by atomic mass is 16.6. The van der Waals surface area contributed by atoms with E-state index in [2.05, 4.69) is 13.8 Å².